The number of fused-ring (bicyclic) bond motifs is 3. The van der Waals surface area contributed by atoms with Gasteiger partial charge in [-0.25, -0.2) is 0 Å². The second kappa shape index (κ2) is 7.40. The van der Waals surface area contributed by atoms with Crippen molar-refractivity contribution in [1.29, 1.82) is 0 Å². The van der Waals surface area contributed by atoms with E-state index in [0.717, 1.165) is 29.8 Å². The number of hydrogen-bond acceptors (Lipinski definition) is 2. The lowest BCUT2D eigenvalue weighted by molar-refractivity contribution is -0.116. The first-order valence-corrected chi connectivity index (χ1v) is 10.1. The van der Waals surface area contributed by atoms with Crippen LogP contribution in [0.1, 0.15) is 54.8 Å². The monoisotopic (exact) mass is 380 g/mol. The van der Waals surface area contributed by atoms with Crippen molar-refractivity contribution in [1.82, 2.24) is 0 Å². The van der Waals surface area contributed by atoms with Crippen LogP contribution in [0.2, 0.25) is 5.02 Å². The number of aryl methyl sites for hydroxylation is 1. The molecule has 0 radical (unpaired) electrons. The predicted molar refractivity (Wildman–Crippen MR) is 113 cm³/mol. The molecule has 2 N–H and O–H groups in total. The molecule has 4 rings (SSSR count). The molecule has 0 bridgehead atoms. The molecule has 0 saturated carbocycles. The average Bonchev–Trinajstić information content (AvgIpc) is 3.13. The molecule has 3 nitrogen and oxygen atoms in total. The van der Waals surface area contributed by atoms with Crippen molar-refractivity contribution >= 4 is 28.9 Å². The number of carbonyl (C=O) groups excluding carboxylic acids is 1. The van der Waals surface area contributed by atoms with Gasteiger partial charge in [0.05, 0.1) is 16.8 Å². The molecule has 3 atom stereocenters. The summed E-state index contributed by atoms with van der Waals surface area (Å²) in [4.78, 5) is 12.2. The van der Waals surface area contributed by atoms with Gasteiger partial charge >= 0.3 is 0 Å². The van der Waals surface area contributed by atoms with Gasteiger partial charge in [0.2, 0.25) is 5.91 Å². The fourth-order valence-electron chi connectivity index (χ4n) is 4.42. The Morgan fingerprint density at radius 1 is 1.30 bits per heavy atom. The molecule has 3 unspecified atom stereocenters. The highest BCUT2D eigenvalue weighted by Crippen LogP contribution is 2.53. The minimum atomic E-state index is 0.0568. The topological polar surface area (TPSA) is 41.1 Å². The number of halogens is 1. The van der Waals surface area contributed by atoms with Crippen LogP contribution in [0.25, 0.3) is 0 Å². The Hall–Kier alpha value is -2.26. The van der Waals surface area contributed by atoms with Crippen molar-refractivity contribution in [3.63, 3.8) is 0 Å². The number of allylic oxidation sites excluding steroid dienone is 2. The lowest BCUT2D eigenvalue weighted by Gasteiger charge is -2.39. The molecular formula is C23H25ClN2O. The van der Waals surface area contributed by atoms with Crippen LogP contribution in [0, 0.1) is 12.8 Å². The van der Waals surface area contributed by atoms with Crippen molar-refractivity contribution < 1.29 is 4.79 Å². The van der Waals surface area contributed by atoms with E-state index in [2.05, 4.69) is 54.0 Å². The number of hydrogen-bond donors (Lipinski definition) is 2. The quantitative estimate of drug-likeness (QED) is 0.618. The summed E-state index contributed by atoms with van der Waals surface area (Å²) in [5.41, 5.74) is 5.49. The molecule has 2 aliphatic rings. The van der Waals surface area contributed by atoms with E-state index in [1.54, 1.807) is 0 Å². The molecule has 0 spiro atoms. The molecule has 1 heterocycles. The summed E-state index contributed by atoms with van der Waals surface area (Å²) in [6.07, 6.45) is 6.92. The molecule has 2 aromatic rings. The zero-order valence-electron chi connectivity index (χ0n) is 15.8. The van der Waals surface area contributed by atoms with E-state index in [-0.39, 0.29) is 17.9 Å². The second-order valence-corrected chi connectivity index (χ2v) is 7.98. The van der Waals surface area contributed by atoms with Gasteiger partial charge in [-0.15, -0.1) is 0 Å². The highest BCUT2D eigenvalue weighted by atomic mass is 35.5. The zero-order chi connectivity index (χ0) is 19.0. The maximum atomic E-state index is 12.2. The first-order valence-electron chi connectivity index (χ1n) is 9.70. The molecule has 140 valence electrons. The van der Waals surface area contributed by atoms with E-state index in [0.29, 0.717) is 17.4 Å². The van der Waals surface area contributed by atoms with Crippen LogP contribution in [0.15, 0.2) is 48.6 Å². The molecule has 0 saturated heterocycles. The van der Waals surface area contributed by atoms with Crippen molar-refractivity contribution in [2.24, 2.45) is 5.92 Å². The second-order valence-electron chi connectivity index (χ2n) is 7.57. The zero-order valence-corrected chi connectivity index (χ0v) is 16.5. The van der Waals surface area contributed by atoms with E-state index < -0.39 is 0 Å². The van der Waals surface area contributed by atoms with Gasteiger partial charge < -0.3 is 10.6 Å². The highest BCUT2D eigenvalue weighted by Gasteiger charge is 2.40. The maximum absolute atomic E-state index is 12.2. The molecular weight excluding hydrogens is 356 g/mol. The Balaban J connectivity index is 1.77. The Morgan fingerprint density at radius 3 is 2.93 bits per heavy atom. The fraction of sp³-hybridized carbons (Fsp3) is 0.348. The summed E-state index contributed by atoms with van der Waals surface area (Å²) in [6, 6.07) is 12.7. The van der Waals surface area contributed by atoms with Gasteiger partial charge in [-0.1, -0.05) is 60.5 Å². The third kappa shape index (κ3) is 3.37. The van der Waals surface area contributed by atoms with Gasteiger partial charge in [-0.3, -0.25) is 4.79 Å². The van der Waals surface area contributed by atoms with Gasteiger partial charge in [-0.05, 0) is 43.4 Å². The van der Waals surface area contributed by atoms with Gasteiger partial charge in [-0.2, -0.15) is 0 Å². The van der Waals surface area contributed by atoms with Crippen molar-refractivity contribution in [3.05, 3.63) is 70.3 Å². The maximum Gasteiger partial charge on any atom is 0.224 e. The molecule has 27 heavy (non-hydrogen) atoms. The van der Waals surface area contributed by atoms with E-state index in [4.69, 9.17) is 11.6 Å². The summed E-state index contributed by atoms with van der Waals surface area (Å²) in [7, 11) is 0. The van der Waals surface area contributed by atoms with Crippen LogP contribution in [-0.2, 0) is 4.79 Å². The fourth-order valence-corrected chi connectivity index (χ4v) is 4.64. The van der Waals surface area contributed by atoms with Crippen LogP contribution in [-0.4, -0.2) is 5.91 Å². The summed E-state index contributed by atoms with van der Waals surface area (Å²) < 4.78 is 0. The predicted octanol–water partition coefficient (Wildman–Crippen LogP) is 6.21. The normalized spacial score (nSPS) is 22.7. The molecule has 2 aromatic carbocycles. The van der Waals surface area contributed by atoms with Crippen LogP contribution in [0.4, 0.5) is 11.4 Å². The average molecular weight is 381 g/mol. The van der Waals surface area contributed by atoms with Gasteiger partial charge in [0.1, 0.15) is 0 Å². The SMILES string of the molecule is CCCC(=O)Nc1ccc(Cl)c2c1C1C=CCC1C(c1cccc(C)c1)N2. The van der Waals surface area contributed by atoms with Crippen LogP contribution >= 0.6 is 11.6 Å². The largest absolute Gasteiger partial charge is 0.376 e. The third-order valence-corrected chi connectivity index (χ3v) is 5.94. The Morgan fingerprint density at radius 2 is 2.15 bits per heavy atom. The third-order valence-electron chi connectivity index (χ3n) is 5.62. The lowest BCUT2D eigenvalue weighted by Crippen LogP contribution is -2.30. The first kappa shape index (κ1) is 18.1. The van der Waals surface area contributed by atoms with E-state index in [1.165, 1.54) is 11.1 Å². The van der Waals surface area contributed by atoms with Crippen LogP contribution in [0.3, 0.4) is 0 Å². The number of rotatable bonds is 4. The number of nitrogens with one attached hydrogen (secondary N) is 2. The molecule has 0 fully saturated rings. The van der Waals surface area contributed by atoms with Crippen LogP contribution in [0.5, 0.6) is 0 Å². The molecule has 1 aliphatic carbocycles. The lowest BCUT2D eigenvalue weighted by atomic mass is 9.76. The standard InChI is InChI=1S/C23H25ClN2O/c1-3-6-20(27)25-19-12-11-18(24)23-21(19)16-9-5-10-17(16)22(26-23)15-8-4-7-14(2)13-15/h4-5,7-9,11-13,16-17,22,26H,3,6,10H2,1-2H3,(H,25,27). The van der Waals surface area contributed by atoms with E-state index >= 15 is 0 Å². The summed E-state index contributed by atoms with van der Waals surface area (Å²) in [6.45, 7) is 4.14. The van der Waals surface area contributed by atoms with Crippen LogP contribution < -0.4 is 10.6 Å². The van der Waals surface area contributed by atoms with E-state index in [1.807, 2.05) is 19.1 Å². The number of anilines is 2. The minimum absolute atomic E-state index is 0.0568. The molecule has 1 aliphatic heterocycles. The van der Waals surface area contributed by atoms with Crippen molar-refractivity contribution in [2.45, 2.75) is 45.1 Å². The first-order chi connectivity index (χ1) is 13.1. The molecule has 0 aromatic heterocycles. The van der Waals surface area contributed by atoms with Gasteiger partial charge in [0.25, 0.3) is 0 Å². The van der Waals surface area contributed by atoms with Gasteiger partial charge in [0.15, 0.2) is 0 Å². The highest BCUT2D eigenvalue weighted by molar-refractivity contribution is 6.33. The minimum Gasteiger partial charge on any atom is -0.376 e. The number of amides is 1. The molecule has 1 amide bonds. The van der Waals surface area contributed by atoms with Gasteiger partial charge in [0, 0.05) is 23.6 Å². The molecule has 4 heteroatoms. The van der Waals surface area contributed by atoms with Crippen molar-refractivity contribution in [2.75, 3.05) is 10.6 Å². The Kier molecular flexibility index (Phi) is 4.96. The smallest absolute Gasteiger partial charge is 0.224 e. The summed E-state index contributed by atoms with van der Waals surface area (Å²) in [5.74, 6) is 0.725. The number of carbonyl (C=O) groups is 1. The Bertz CT molecular complexity index is 905. The van der Waals surface area contributed by atoms with Crippen molar-refractivity contribution in [3.8, 4) is 0 Å². The summed E-state index contributed by atoms with van der Waals surface area (Å²) >= 11 is 6.59. The number of benzene rings is 2. The van der Waals surface area contributed by atoms with E-state index in [9.17, 15) is 4.79 Å². The Labute approximate surface area is 165 Å². The summed E-state index contributed by atoms with van der Waals surface area (Å²) in [5, 5.41) is 7.51.